The zero-order valence-electron chi connectivity index (χ0n) is 10.0. The molecule has 3 nitrogen and oxygen atoms in total. The molecule has 88 valence electrons. The van der Waals surface area contributed by atoms with Crippen LogP contribution in [-0.4, -0.2) is 19.5 Å². The summed E-state index contributed by atoms with van der Waals surface area (Å²) in [5, 5.41) is 0. The fourth-order valence-electron chi connectivity index (χ4n) is 1.50. The standard InChI is InChI=1S/C13H18O3/c1-10(2)16-13-11(7-5-9-14)6-4-8-12(13)15-3/h4,6,8-10H,5,7H2,1-3H3. The number of methoxy groups -OCH3 is 1. The second-order valence-corrected chi connectivity index (χ2v) is 3.82. The van der Waals surface area contributed by atoms with Crippen molar-refractivity contribution in [2.45, 2.75) is 32.8 Å². The monoisotopic (exact) mass is 222 g/mol. The molecule has 0 aliphatic heterocycles. The van der Waals surface area contributed by atoms with Crippen LogP contribution in [0.4, 0.5) is 0 Å². The van der Waals surface area contributed by atoms with Gasteiger partial charge >= 0.3 is 0 Å². The van der Waals surface area contributed by atoms with Gasteiger partial charge in [0, 0.05) is 6.42 Å². The molecular weight excluding hydrogens is 204 g/mol. The highest BCUT2D eigenvalue weighted by Gasteiger charge is 2.11. The second-order valence-electron chi connectivity index (χ2n) is 3.82. The van der Waals surface area contributed by atoms with Gasteiger partial charge in [-0.15, -0.1) is 0 Å². The lowest BCUT2D eigenvalue weighted by Crippen LogP contribution is -2.09. The summed E-state index contributed by atoms with van der Waals surface area (Å²) in [4.78, 5) is 10.4. The van der Waals surface area contributed by atoms with E-state index in [4.69, 9.17) is 9.47 Å². The summed E-state index contributed by atoms with van der Waals surface area (Å²) in [5.41, 5.74) is 1.01. The van der Waals surface area contributed by atoms with E-state index >= 15 is 0 Å². The summed E-state index contributed by atoms with van der Waals surface area (Å²) in [6.07, 6.45) is 2.19. The first kappa shape index (κ1) is 12.6. The lowest BCUT2D eigenvalue weighted by Gasteiger charge is -2.16. The normalized spacial score (nSPS) is 10.2. The fraction of sp³-hybridized carbons (Fsp3) is 0.462. The van der Waals surface area contributed by atoms with Crippen molar-refractivity contribution in [3.05, 3.63) is 23.8 Å². The maximum atomic E-state index is 10.4. The molecule has 0 N–H and O–H groups in total. The van der Waals surface area contributed by atoms with E-state index in [1.54, 1.807) is 7.11 Å². The molecule has 0 spiro atoms. The third-order valence-electron chi connectivity index (χ3n) is 2.17. The highest BCUT2D eigenvalue weighted by Crippen LogP contribution is 2.32. The van der Waals surface area contributed by atoms with Gasteiger partial charge in [-0.25, -0.2) is 0 Å². The summed E-state index contributed by atoms with van der Waals surface area (Å²) >= 11 is 0. The molecule has 0 aliphatic carbocycles. The third kappa shape index (κ3) is 3.26. The molecule has 0 aliphatic rings. The van der Waals surface area contributed by atoms with Gasteiger partial charge in [0.1, 0.15) is 6.29 Å². The Labute approximate surface area is 96.4 Å². The topological polar surface area (TPSA) is 35.5 Å². The number of hydrogen-bond donors (Lipinski definition) is 0. The lowest BCUT2D eigenvalue weighted by atomic mass is 10.1. The van der Waals surface area contributed by atoms with Gasteiger partial charge in [0.25, 0.3) is 0 Å². The SMILES string of the molecule is COc1cccc(CCC=O)c1OC(C)C. The molecule has 0 bridgehead atoms. The molecule has 0 atom stereocenters. The van der Waals surface area contributed by atoms with Crippen LogP contribution in [0.15, 0.2) is 18.2 Å². The van der Waals surface area contributed by atoms with Crippen molar-refractivity contribution in [3.8, 4) is 11.5 Å². The summed E-state index contributed by atoms with van der Waals surface area (Å²) in [7, 11) is 1.62. The van der Waals surface area contributed by atoms with E-state index < -0.39 is 0 Å². The number of carbonyl (C=O) groups is 1. The van der Waals surface area contributed by atoms with Gasteiger partial charge in [-0.05, 0) is 31.9 Å². The van der Waals surface area contributed by atoms with Crippen molar-refractivity contribution >= 4 is 6.29 Å². The molecule has 16 heavy (non-hydrogen) atoms. The lowest BCUT2D eigenvalue weighted by molar-refractivity contribution is -0.107. The van der Waals surface area contributed by atoms with Crippen LogP contribution >= 0.6 is 0 Å². The van der Waals surface area contributed by atoms with Crippen molar-refractivity contribution in [2.24, 2.45) is 0 Å². The highest BCUT2D eigenvalue weighted by atomic mass is 16.5. The minimum atomic E-state index is 0.0891. The van der Waals surface area contributed by atoms with Crippen LogP contribution in [0.25, 0.3) is 0 Å². The maximum absolute atomic E-state index is 10.4. The van der Waals surface area contributed by atoms with Crippen molar-refractivity contribution in [1.29, 1.82) is 0 Å². The first-order valence-electron chi connectivity index (χ1n) is 5.45. The maximum Gasteiger partial charge on any atom is 0.164 e. The first-order valence-corrected chi connectivity index (χ1v) is 5.45. The van der Waals surface area contributed by atoms with Crippen molar-refractivity contribution < 1.29 is 14.3 Å². The second kappa shape index (κ2) is 6.16. The number of aldehydes is 1. The van der Waals surface area contributed by atoms with Crippen LogP contribution in [0, 0.1) is 0 Å². The van der Waals surface area contributed by atoms with Crippen LogP contribution in [0.3, 0.4) is 0 Å². The number of rotatable bonds is 6. The Balaban J connectivity index is 2.99. The van der Waals surface area contributed by atoms with Crippen molar-refractivity contribution in [1.82, 2.24) is 0 Å². The smallest absolute Gasteiger partial charge is 0.164 e. The molecule has 1 aromatic carbocycles. The van der Waals surface area contributed by atoms with E-state index in [0.717, 1.165) is 23.3 Å². The van der Waals surface area contributed by atoms with E-state index in [9.17, 15) is 4.79 Å². The molecule has 0 saturated heterocycles. The van der Waals surface area contributed by atoms with E-state index in [2.05, 4.69) is 0 Å². The minimum Gasteiger partial charge on any atom is -0.493 e. The number of hydrogen-bond acceptors (Lipinski definition) is 3. The number of para-hydroxylation sites is 1. The van der Waals surface area contributed by atoms with Crippen LogP contribution in [0.2, 0.25) is 0 Å². The highest BCUT2D eigenvalue weighted by molar-refractivity contribution is 5.53. The Kier molecular flexibility index (Phi) is 4.83. The van der Waals surface area contributed by atoms with Crippen molar-refractivity contribution in [3.63, 3.8) is 0 Å². The first-order chi connectivity index (χ1) is 7.69. The van der Waals surface area contributed by atoms with Crippen LogP contribution in [0.5, 0.6) is 11.5 Å². The zero-order chi connectivity index (χ0) is 12.0. The molecular formula is C13H18O3. The van der Waals surface area contributed by atoms with E-state index in [1.165, 1.54) is 0 Å². The number of ether oxygens (including phenoxy) is 2. The van der Waals surface area contributed by atoms with Crippen LogP contribution < -0.4 is 9.47 Å². The fourth-order valence-corrected chi connectivity index (χ4v) is 1.50. The molecule has 0 saturated carbocycles. The Morgan fingerprint density at radius 1 is 1.38 bits per heavy atom. The van der Waals surface area contributed by atoms with E-state index in [0.29, 0.717) is 12.8 Å². The molecule has 1 rings (SSSR count). The molecule has 0 aromatic heterocycles. The van der Waals surface area contributed by atoms with Crippen LogP contribution in [0.1, 0.15) is 25.8 Å². The number of benzene rings is 1. The van der Waals surface area contributed by atoms with Gasteiger partial charge in [0.15, 0.2) is 11.5 Å². The molecule has 0 amide bonds. The number of carbonyl (C=O) groups excluding carboxylic acids is 1. The Hall–Kier alpha value is -1.51. The Morgan fingerprint density at radius 2 is 2.12 bits per heavy atom. The Bertz CT molecular complexity index is 345. The van der Waals surface area contributed by atoms with E-state index in [-0.39, 0.29) is 6.10 Å². The third-order valence-corrected chi connectivity index (χ3v) is 2.17. The van der Waals surface area contributed by atoms with Gasteiger partial charge in [-0.2, -0.15) is 0 Å². The minimum absolute atomic E-state index is 0.0891. The average Bonchev–Trinajstić information content (AvgIpc) is 2.27. The van der Waals surface area contributed by atoms with Gasteiger partial charge in [0.2, 0.25) is 0 Å². The largest absolute Gasteiger partial charge is 0.493 e. The summed E-state index contributed by atoms with van der Waals surface area (Å²) < 4.78 is 11.0. The molecule has 3 heteroatoms. The predicted octanol–water partition coefficient (Wildman–Crippen LogP) is 2.61. The van der Waals surface area contributed by atoms with Crippen LogP contribution in [-0.2, 0) is 11.2 Å². The summed E-state index contributed by atoms with van der Waals surface area (Å²) in [6, 6.07) is 5.73. The average molecular weight is 222 g/mol. The molecule has 0 radical (unpaired) electrons. The zero-order valence-corrected chi connectivity index (χ0v) is 10.0. The van der Waals surface area contributed by atoms with Gasteiger partial charge in [-0.3, -0.25) is 0 Å². The van der Waals surface area contributed by atoms with Crippen molar-refractivity contribution in [2.75, 3.05) is 7.11 Å². The number of aryl methyl sites for hydroxylation is 1. The molecule has 0 unspecified atom stereocenters. The van der Waals surface area contributed by atoms with Gasteiger partial charge in [0.05, 0.1) is 13.2 Å². The summed E-state index contributed by atoms with van der Waals surface area (Å²) in [5.74, 6) is 1.47. The Morgan fingerprint density at radius 3 is 2.69 bits per heavy atom. The molecule has 0 fully saturated rings. The quantitative estimate of drug-likeness (QED) is 0.694. The van der Waals surface area contributed by atoms with E-state index in [1.807, 2.05) is 32.0 Å². The van der Waals surface area contributed by atoms with Gasteiger partial charge < -0.3 is 14.3 Å². The molecule has 0 heterocycles. The van der Waals surface area contributed by atoms with Gasteiger partial charge in [-0.1, -0.05) is 12.1 Å². The molecule has 1 aromatic rings. The summed E-state index contributed by atoms with van der Waals surface area (Å²) in [6.45, 7) is 3.94. The predicted molar refractivity (Wildman–Crippen MR) is 63.1 cm³/mol.